The first-order valence-corrected chi connectivity index (χ1v) is 6.50. The average Bonchev–Trinajstić information content (AvgIpc) is 2.55. The third kappa shape index (κ3) is 1.24. The Hall–Kier alpha value is -0.980. The van der Waals surface area contributed by atoms with Crippen molar-refractivity contribution in [2.75, 3.05) is 4.90 Å². The predicted molar refractivity (Wildman–Crippen MR) is 69.1 cm³/mol. The van der Waals surface area contributed by atoms with Gasteiger partial charge in [-0.2, -0.15) is 0 Å². The van der Waals surface area contributed by atoms with Crippen molar-refractivity contribution in [3.63, 3.8) is 0 Å². The lowest BCUT2D eigenvalue weighted by Crippen LogP contribution is -2.48. The maximum atomic E-state index is 2.68. The molecule has 3 atom stereocenters. The lowest BCUT2D eigenvalue weighted by Gasteiger charge is -2.47. The quantitative estimate of drug-likeness (QED) is 0.633. The SMILES string of the molecule is CC1CC[C@@]2(C)C[C@H](C)c3ccccc3N12. The number of nitrogens with zero attached hydrogens (tertiary/aromatic N) is 1. The first-order valence-electron chi connectivity index (χ1n) is 6.50. The van der Waals surface area contributed by atoms with E-state index >= 15 is 0 Å². The molecular formula is C15H21N. The van der Waals surface area contributed by atoms with Crippen LogP contribution in [0.1, 0.15) is 51.5 Å². The average molecular weight is 215 g/mol. The third-order valence-corrected chi connectivity index (χ3v) is 4.60. The highest BCUT2D eigenvalue weighted by molar-refractivity contribution is 5.61. The number of para-hydroxylation sites is 1. The standard InChI is InChI=1S/C15H21N/c1-11-10-15(3)9-8-12(2)16(15)14-7-5-4-6-13(11)14/h4-7,11-12H,8-10H2,1-3H3/t11-,12?,15-/m0/s1. The van der Waals surface area contributed by atoms with Crippen LogP contribution in [0.15, 0.2) is 24.3 Å². The highest BCUT2D eigenvalue weighted by atomic mass is 15.3. The third-order valence-electron chi connectivity index (χ3n) is 4.60. The molecule has 2 aliphatic heterocycles. The molecule has 0 aromatic heterocycles. The van der Waals surface area contributed by atoms with Gasteiger partial charge < -0.3 is 4.90 Å². The van der Waals surface area contributed by atoms with E-state index in [9.17, 15) is 0 Å². The molecule has 2 heterocycles. The summed E-state index contributed by atoms with van der Waals surface area (Å²) < 4.78 is 0. The molecule has 0 N–H and O–H groups in total. The minimum Gasteiger partial charge on any atom is -0.363 e. The molecule has 1 aromatic carbocycles. The predicted octanol–water partition coefficient (Wildman–Crippen LogP) is 3.94. The first kappa shape index (κ1) is 10.2. The van der Waals surface area contributed by atoms with E-state index in [1.807, 2.05) is 0 Å². The van der Waals surface area contributed by atoms with E-state index in [1.165, 1.54) is 24.9 Å². The van der Waals surface area contributed by atoms with Crippen LogP contribution < -0.4 is 4.90 Å². The lowest BCUT2D eigenvalue weighted by molar-refractivity contribution is 0.376. The molecule has 1 saturated heterocycles. The van der Waals surface area contributed by atoms with Crippen LogP contribution in [0, 0.1) is 0 Å². The van der Waals surface area contributed by atoms with Crippen LogP contribution in [0.25, 0.3) is 0 Å². The summed E-state index contributed by atoms with van der Waals surface area (Å²) in [5.74, 6) is 0.711. The molecule has 0 bridgehead atoms. The van der Waals surface area contributed by atoms with E-state index < -0.39 is 0 Å². The highest BCUT2D eigenvalue weighted by Gasteiger charge is 2.45. The molecule has 16 heavy (non-hydrogen) atoms. The van der Waals surface area contributed by atoms with Crippen LogP contribution in [0.5, 0.6) is 0 Å². The fourth-order valence-corrected chi connectivity index (χ4v) is 3.92. The van der Waals surface area contributed by atoms with Crippen molar-refractivity contribution < 1.29 is 0 Å². The van der Waals surface area contributed by atoms with E-state index in [2.05, 4.69) is 49.9 Å². The van der Waals surface area contributed by atoms with Gasteiger partial charge in [0.1, 0.15) is 0 Å². The van der Waals surface area contributed by atoms with E-state index in [-0.39, 0.29) is 0 Å². The molecule has 0 spiro atoms. The van der Waals surface area contributed by atoms with Gasteiger partial charge in [-0.25, -0.2) is 0 Å². The largest absolute Gasteiger partial charge is 0.363 e. The Kier molecular flexibility index (Phi) is 2.07. The summed E-state index contributed by atoms with van der Waals surface area (Å²) in [6.07, 6.45) is 4.01. The fourth-order valence-electron chi connectivity index (χ4n) is 3.92. The zero-order chi connectivity index (χ0) is 11.3. The maximum Gasteiger partial charge on any atom is 0.0408 e. The molecule has 1 aromatic rings. The summed E-state index contributed by atoms with van der Waals surface area (Å²) in [6.45, 7) is 7.20. The van der Waals surface area contributed by atoms with Crippen molar-refractivity contribution in [2.24, 2.45) is 0 Å². The molecule has 86 valence electrons. The molecule has 1 unspecified atom stereocenters. The van der Waals surface area contributed by atoms with E-state index in [4.69, 9.17) is 0 Å². The van der Waals surface area contributed by atoms with Crippen molar-refractivity contribution in [1.82, 2.24) is 0 Å². The van der Waals surface area contributed by atoms with E-state index in [0.29, 0.717) is 17.5 Å². The Balaban J connectivity index is 2.15. The topological polar surface area (TPSA) is 3.24 Å². The molecular weight excluding hydrogens is 194 g/mol. The van der Waals surface area contributed by atoms with E-state index in [1.54, 1.807) is 5.56 Å². The monoisotopic (exact) mass is 215 g/mol. The molecule has 0 amide bonds. The van der Waals surface area contributed by atoms with Crippen LogP contribution in [0.2, 0.25) is 0 Å². The second-order valence-electron chi connectivity index (χ2n) is 5.92. The van der Waals surface area contributed by atoms with Crippen molar-refractivity contribution >= 4 is 5.69 Å². The van der Waals surface area contributed by atoms with Gasteiger partial charge in [-0.3, -0.25) is 0 Å². The van der Waals surface area contributed by atoms with Gasteiger partial charge in [-0.1, -0.05) is 25.1 Å². The lowest BCUT2D eigenvalue weighted by atomic mass is 9.79. The maximum absolute atomic E-state index is 2.68. The van der Waals surface area contributed by atoms with Gasteiger partial charge in [0.05, 0.1) is 0 Å². The Morgan fingerprint density at radius 3 is 2.81 bits per heavy atom. The normalized spacial score (nSPS) is 37.1. The van der Waals surface area contributed by atoms with Gasteiger partial charge in [0.2, 0.25) is 0 Å². The Bertz CT molecular complexity index is 412. The molecule has 0 saturated carbocycles. The minimum atomic E-state index is 0.410. The van der Waals surface area contributed by atoms with Gasteiger partial charge in [0.25, 0.3) is 0 Å². The Morgan fingerprint density at radius 1 is 1.25 bits per heavy atom. The van der Waals surface area contributed by atoms with Gasteiger partial charge >= 0.3 is 0 Å². The number of anilines is 1. The van der Waals surface area contributed by atoms with Crippen LogP contribution in [-0.2, 0) is 0 Å². The molecule has 1 nitrogen and oxygen atoms in total. The first-order chi connectivity index (χ1) is 7.62. The van der Waals surface area contributed by atoms with Crippen LogP contribution >= 0.6 is 0 Å². The molecule has 0 aliphatic carbocycles. The number of rotatable bonds is 0. The highest BCUT2D eigenvalue weighted by Crippen LogP contribution is 2.50. The smallest absolute Gasteiger partial charge is 0.0408 e. The van der Waals surface area contributed by atoms with Gasteiger partial charge in [0.15, 0.2) is 0 Å². The van der Waals surface area contributed by atoms with Crippen LogP contribution in [-0.4, -0.2) is 11.6 Å². The summed E-state index contributed by atoms with van der Waals surface area (Å²) in [6, 6.07) is 9.69. The molecule has 1 fully saturated rings. The van der Waals surface area contributed by atoms with Crippen molar-refractivity contribution in [3.8, 4) is 0 Å². The van der Waals surface area contributed by atoms with Crippen LogP contribution in [0.3, 0.4) is 0 Å². The molecule has 3 rings (SSSR count). The number of hydrogen-bond acceptors (Lipinski definition) is 1. The van der Waals surface area contributed by atoms with Crippen molar-refractivity contribution in [1.29, 1.82) is 0 Å². The van der Waals surface area contributed by atoms with E-state index in [0.717, 1.165) is 0 Å². The second kappa shape index (κ2) is 3.26. The summed E-state index contributed by atoms with van der Waals surface area (Å²) in [5, 5.41) is 0. The number of benzene rings is 1. The number of hydrogen-bond donors (Lipinski definition) is 0. The Labute approximate surface area is 98.5 Å². The summed E-state index contributed by atoms with van der Waals surface area (Å²) in [5.41, 5.74) is 3.45. The minimum absolute atomic E-state index is 0.410. The Morgan fingerprint density at radius 2 is 2.00 bits per heavy atom. The molecule has 0 radical (unpaired) electrons. The zero-order valence-corrected chi connectivity index (χ0v) is 10.5. The molecule has 2 aliphatic rings. The second-order valence-corrected chi connectivity index (χ2v) is 5.92. The summed E-state index contributed by atoms with van der Waals surface area (Å²) in [4.78, 5) is 2.68. The van der Waals surface area contributed by atoms with Gasteiger partial charge in [0, 0.05) is 17.3 Å². The van der Waals surface area contributed by atoms with Gasteiger partial charge in [-0.05, 0) is 50.7 Å². The summed E-state index contributed by atoms with van der Waals surface area (Å²) >= 11 is 0. The summed E-state index contributed by atoms with van der Waals surface area (Å²) in [7, 11) is 0. The zero-order valence-electron chi connectivity index (χ0n) is 10.5. The van der Waals surface area contributed by atoms with Crippen molar-refractivity contribution in [3.05, 3.63) is 29.8 Å². The van der Waals surface area contributed by atoms with Crippen LogP contribution in [0.4, 0.5) is 5.69 Å². The molecule has 1 heteroatoms. The van der Waals surface area contributed by atoms with Gasteiger partial charge in [-0.15, -0.1) is 0 Å². The fraction of sp³-hybridized carbons (Fsp3) is 0.600. The van der Waals surface area contributed by atoms with Crippen molar-refractivity contribution in [2.45, 2.75) is 57.5 Å². The number of fused-ring (bicyclic) bond motifs is 3.